The molecule has 0 spiro atoms. The minimum Gasteiger partial charge on any atom is -0.325 e. The Bertz CT molecular complexity index is 1260. The molecule has 152 valence electrons. The van der Waals surface area contributed by atoms with E-state index in [0.717, 1.165) is 6.07 Å². The molecule has 0 bridgehead atoms. The molecule has 3 N–H and O–H groups in total. The van der Waals surface area contributed by atoms with Gasteiger partial charge in [-0.3, -0.25) is 13.9 Å². The number of carbonyl (C=O) groups excluding carboxylic acids is 1. The number of hydrogen-bond acceptors (Lipinski definition) is 7. The Morgan fingerprint density at radius 3 is 2.28 bits per heavy atom. The molecule has 0 aliphatic carbocycles. The van der Waals surface area contributed by atoms with E-state index < -0.39 is 35.9 Å². The number of amides is 1. The second-order valence-electron chi connectivity index (χ2n) is 5.61. The second-order valence-corrected chi connectivity index (χ2v) is 8.54. The summed E-state index contributed by atoms with van der Waals surface area (Å²) in [7, 11) is -9.37. The number of hydrogen-bond donors (Lipinski definition) is 3. The lowest BCUT2D eigenvalue weighted by atomic mass is 10.1. The van der Waals surface area contributed by atoms with E-state index in [1.807, 2.05) is 0 Å². The normalized spacial score (nSPS) is 11.8. The fourth-order valence-corrected chi connectivity index (χ4v) is 4.09. The predicted molar refractivity (Wildman–Crippen MR) is 110 cm³/mol. The van der Waals surface area contributed by atoms with Crippen LogP contribution < -0.4 is 5.32 Å². The topological polar surface area (TPSA) is 150 Å². The molecule has 2 rings (SSSR count). The van der Waals surface area contributed by atoms with Gasteiger partial charge in [0.1, 0.15) is 9.79 Å². The maximum Gasteiger partial charge on any atom is 0.297 e. The number of carbonyl (C=O) groups is 1. The number of benzene rings is 2. The summed E-state index contributed by atoms with van der Waals surface area (Å²) in [6.45, 7) is 1.17. The first-order valence-corrected chi connectivity index (χ1v) is 11.0. The van der Waals surface area contributed by atoms with Crippen LogP contribution in [0.4, 0.5) is 11.4 Å². The highest BCUT2D eigenvalue weighted by atomic mass is 32.2. The molecule has 9 nitrogen and oxygen atoms in total. The Labute approximate surface area is 172 Å². The highest BCUT2D eigenvalue weighted by Gasteiger charge is 2.20. The summed E-state index contributed by atoms with van der Waals surface area (Å²) in [6.07, 6.45) is 2.43. The molecule has 29 heavy (non-hydrogen) atoms. The number of aliphatic imine (C=N–C) groups is 1. The predicted octanol–water partition coefficient (Wildman–Crippen LogP) is 3.04. The van der Waals surface area contributed by atoms with Crippen molar-refractivity contribution >= 4 is 67.0 Å². The van der Waals surface area contributed by atoms with Crippen molar-refractivity contribution in [1.29, 1.82) is 0 Å². The van der Waals surface area contributed by atoms with Gasteiger partial charge in [0, 0.05) is 6.92 Å². The summed E-state index contributed by atoms with van der Waals surface area (Å²) in [5.74, 6) is -0.556. The van der Waals surface area contributed by atoms with Crippen LogP contribution in [0.1, 0.15) is 18.1 Å². The summed E-state index contributed by atoms with van der Waals surface area (Å²) in [4.78, 5) is 13.9. The van der Waals surface area contributed by atoms with E-state index in [1.165, 1.54) is 49.4 Å². The van der Waals surface area contributed by atoms with Crippen LogP contribution in [0.15, 0.2) is 51.2 Å². The molecule has 0 aromatic heterocycles. The van der Waals surface area contributed by atoms with Crippen molar-refractivity contribution in [1.82, 2.24) is 0 Å². The van der Waals surface area contributed by atoms with Gasteiger partial charge in [0.2, 0.25) is 5.91 Å². The van der Waals surface area contributed by atoms with Gasteiger partial charge in [-0.05, 0) is 41.5 Å². The van der Waals surface area contributed by atoms with E-state index >= 15 is 0 Å². The fourth-order valence-electron chi connectivity index (χ4n) is 2.45. The molecule has 0 radical (unpaired) electrons. The van der Waals surface area contributed by atoms with Crippen molar-refractivity contribution in [3.8, 4) is 0 Å². The quantitative estimate of drug-likeness (QED) is 0.261. The van der Waals surface area contributed by atoms with Crippen LogP contribution >= 0.6 is 12.2 Å². The standard InChI is InChI=1S/C17H14N2O7S3/c1-11(20)19-15-4-2-3-13(17(15)29(24,25)26)6-5-12-7-8-14(18-10-27)9-16(12)28(21,22)23/h2-9H,1H3,(H,19,20)(H,21,22,23)(H,24,25,26). The van der Waals surface area contributed by atoms with Crippen LogP contribution in [0.5, 0.6) is 0 Å². The fraction of sp³-hybridized carbons (Fsp3) is 0.0588. The smallest absolute Gasteiger partial charge is 0.297 e. The van der Waals surface area contributed by atoms with Gasteiger partial charge in [-0.2, -0.15) is 21.8 Å². The third-order valence-corrected chi connectivity index (χ3v) is 5.48. The Morgan fingerprint density at radius 2 is 1.72 bits per heavy atom. The summed E-state index contributed by atoms with van der Waals surface area (Å²) in [6, 6.07) is 7.83. The van der Waals surface area contributed by atoms with Crippen molar-refractivity contribution < 1.29 is 30.7 Å². The van der Waals surface area contributed by atoms with Gasteiger partial charge in [0.25, 0.3) is 20.2 Å². The summed E-state index contributed by atoms with van der Waals surface area (Å²) in [5, 5.41) is 4.37. The zero-order valence-electron chi connectivity index (χ0n) is 14.7. The maximum atomic E-state index is 11.8. The van der Waals surface area contributed by atoms with E-state index in [0.29, 0.717) is 0 Å². The number of nitrogens with zero attached hydrogens (tertiary/aromatic N) is 1. The first-order chi connectivity index (χ1) is 13.4. The summed E-state index contributed by atoms with van der Waals surface area (Å²) < 4.78 is 66.0. The molecule has 0 heterocycles. The van der Waals surface area contributed by atoms with Gasteiger partial charge in [0.05, 0.1) is 16.5 Å². The lowest BCUT2D eigenvalue weighted by Crippen LogP contribution is -2.12. The monoisotopic (exact) mass is 454 g/mol. The number of anilines is 1. The molecule has 0 fully saturated rings. The van der Waals surface area contributed by atoms with Crippen molar-refractivity contribution in [3.05, 3.63) is 47.5 Å². The highest BCUT2D eigenvalue weighted by Crippen LogP contribution is 2.29. The van der Waals surface area contributed by atoms with Gasteiger partial charge < -0.3 is 5.32 Å². The first-order valence-electron chi connectivity index (χ1n) is 7.69. The van der Waals surface area contributed by atoms with E-state index in [4.69, 9.17) is 0 Å². The van der Waals surface area contributed by atoms with E-state index in [1.54, 1.807) is 0 Å². The Morgan fingerprint density at radius 1 is 1.07 bits per heavy atom. The van der Waals surface area contributed by atoms with Crippen molar-refractivity contribution in [2.24, 2.45) is 4.99 Å². The molecule has 1 amide bonds. The van der Waals surface area contributed by atoms with Gasteiger partial charge in [0.15, 0.2) is 0 Å². The lowest BCUT2D eigenvalue weighted by molar-refractivity contribution is -0.114. The third kappa shape index (κ3) is 5.87. The first kappa shape index (κ1) is 22.6. The molecule has 0 atom stereocenters. The van der Waals surface area contributed by atoms with Crippen LogP contribution in [0.2, 0.25) is 0 Å². The average Bonchev–Trinajstić information content (AvgIpc) is 2.58. The molecule has 0 saturated carbocycles. The minimum absolute atomic E-state index is 0.0158. The molecule has 0 saturated heterocycles. The van der Waals surface area contributed by atoms with Gasteiger partial charge in [-0.1, -0.05) is 30.4 Å². The Balaban J connectivity index is 2.66. The van der Waals surface area contributed by atoms with Crippen LogP contribution in [0.25, 0.3) is 12.2 Å². The molecule has 0 unspecified atom stereocenters. The van der Waals surface area contributed by atoms with Crippen molar-refractivity contribution in [2.75, 3.05) is 5.32 Å². The zero-order chi connectivity index (χ0) is 21.8. The molecule has 2 aromatic carbocycles. The highest BCUT2D eigenvalue weighted by molar-refractivity contribution is 7.86. The molecule has 0 aliphatic heterocycles. The summed E-state index contributed by atoms with van der Waals surface area (Å²) in [5.41, 5.74) is -0.0260. The van der Waals surface area contributed by atoms with Crippen LogP contribution in [0.3, 0.4) is 0 Å². The molecule has 12 heteroatoms. The average molecular weight is 455 g/mol. The Hall–Kier alpha value is -2.73. The number of nitrogens with one attached hydrogen (secondary N) is 1. The second kappa shape index (κ2) is 8.74. The lowest BCUT2D eigenvalue weighted by Gasteiger charge is -2.10. The summed E-state index contributed by atoms with van der Waals surface area (Å²) >= 11 is 4.46. The zero-order valence-corrected chi connectivity index (χ0v) is 17.2. The number of thiocarbonyl (C=S) groups is 1. The Kier molecular flexibility index (Phi) is 6.80. The molecule has 2 aromatic rings. The van der Waals surface area contributed by atoms with Gasteiger partial charge in [-0.15, -0.1) is 0 Å². The molecular weight excluding hydrogens is 440 g/mol. The van der Waals surface area contributed by atoms with Crippen LogP contribution in [0, 0.1) is 0 Å². The van der Waals surface area contributed by atoms with Crippen molar-refractivity contribution in [2.45, 2.75) is 16.7 Å². The van der Waals surface area contributed by atoms with Crippen LogP contribution in [-0.2, 0) is 25.0 Å². The van der Waals surface area contributed by atoms with E-state index in [-0.39, 0.29) is 22.5 Å². The van der Waals surface area contributed by atoms with E-state index in [2.05, 4.69) is 27.7 Å². The molecular formula is C17H14N2O7S3. The van der Waals surface area contributed by atoms with Crippen molar-refractivity contribution in [3.63, 3.8) is 0 Å². The number of isothiocyanates is 1. The third-order valence-electron chi connectivity index (χ3n) is 3.51. The molecule has 0 aliphatic rings. The number of rotatable bonds is 6. The largest absolute Gasteiger partial charge is 0.325 e. The van der Waals surface area contributed by atoms with E-state index in [9.17, 15) is 30.7 Å². The van der Waals surface area contributed by atoms with Gasteiger partial charge in [-0.25, -0.2) is 0 Å². The van der Waals surface area contributed by atoms with Gasteiger partial charge >= 0.3 is 0 Å². The minimum atomic E-state index is -4.74. The van der Waals surface area contributed by atoms with Crippen LogP contribution in [-0.4, -0.2) is 37.0 Å². The maximum absolute atomic E-state index is 11.8. The SMILES string of the molecule is CC(=O)Nc1cccc(C=Cc2ccc(N=C=S)cc2S(=O)(=O)O)c1S(=O)(=O)O.